The molecule has 0 unspecified atom stereocenters. The first-order valence-corrected chi connectivity index (χ1v) is 11.0. The van der Waals surface area contributed by atoms with E-state index < -0.39 is 51.1 Å². The number of nitro benzene ring substituents is 2. The number of Topliss-reactive ketones (excluding diaryl/α,β-unsaturated/α-hetero) is 1. The molecule has 3 amide bonds. The number of carbonyl (C=O) groups excluding carboxylic acids is 4. The van der Waals surface area contributed by atoms with E-state index in [0.717, 1.165) is 36.4 Å². The Labute approximate surface area is 216 Å². The predicted octanol–water partition coefficient (Wildman–Crippen LogP) is 4.35. The van der Waals surface area contributed by atoms with Crippen molar-refractivity contribution in [3.63, 3.8) is 0 Å². The number of hydrogen-bond donors (Lipinski definition) is 0. The minimum absolute atomic E-state index is 0.0211. The van der Waals surface area contributed by atoms with Crippen molar-refractivity contribution < 1.29 is 29.0 Å². The summed E-state index contributed by atoms with van der Waals surface area (Å²) in [6.45, 7) is -0.865. The lowest BCUT2D eigenvalue weighted by atomic mass is 10.1. The maximum absolute atomic E-state index is 13.5. The number of amides is 3. The molecule has 12 nitrogen and oxygen atoms in total. The maximum atomic E-state index is 13.5. The topological polar surface area (TPSA) is 161 Å². The number of rotatable bonds is 7. The molecular weight excluding hydrogens is 531 g/mol. The van der Waals surface area contributed by atoms with Gasteiger partial charge in [0.1, 0.15) is 12.1 Å². The van der Waals surface area contributed by atoms with Gasteiger partial charge in [-0.05, 0) is 36.4 Å². The number of imide groups is 1. The standard InChI is InChI=1S/C23H12Cl2N4O8/c24-16-9-6-13(10-17(16)25)21(31)26(11-19(30)12-4-7-14(8-5-12)28(34)35)27-22(32)15-2-1-3-18(29(36)37)20(15)23(27)33/h1-10H,11H2. The molecule has 0 saturated heterocycles. The van der Waals surface area contributed by atoms with Crippen molar-refractivity contribution in [2.45, 2.75) is 0 Å². The molecule has 3 aromatic carbocycles. The molecule has 0 atom stereocenters. The first kappa shape index (κ1) is 25.4. The molecule has 1 aliphatic heterocycles. The van der Waals surface area contributed by atoms with Crippen LogP contribution in [0.4, 0.5) is 11.4 Å². The molecule has 0 spiro atoms. The van der Waals surface area contributed by atoms with Gasteiger partial charge in [-0.25, -0.2) is 5.01 Å². The van der Waals surface area contributed by atoms with E-state index in [0.29, 0.717) is 10.0 Å². The molecule has 1 aliphatic rings. The van der Waals surface area contributed by atoms with E-state index in [4.69, 9.17) is 23.2 Å². The summed E-state index contributed by atoms with van der Waals surface area (Å²) in [5.74, 6) is -4.04. The van der Waals surface area contributed by atoms with E-state index >= 15 is 0 Å². The number of halogens is 2. The fourth-order valence-corrected chi connectivity index (χ4v) is 3.93. The van der Waals surface area contributed by atoms with E-state index in [-0.39, 0.29) is 32.4 Å². The van der Waals surface area contributed by atoms with Crippen LogP contribution in [-0.2, 0) is 0 Å². The molecule has 14 heteroatoms. The Kier molecular flexibility index (Phi) is 6.70. The monoisotopic (exact) mass is 542 g/mol. The van der Waals surface area contributed by atoms with Gasteiger partial charge in [-0.2, -0.15) is 5.01 Å². The van der Waals surface area contributed by atoms with E-state index in [1.165, 1.54) is 24.3 Å². The van der Waals surface area contributed by atoms with Crippen LogP contribution in [0.3, 0.4) is 0 Å². The Bertz CT molecular complexity index is 1520. The second-order valence-electron chi connectivity index (χ2n) is 7.60. The van der Waals surface area contributed by atoms with Crippen LogP contribution >= 0.6 is 23.2 Å². The molecule has 1 heterocycles. The zero-order chi connectivity index (χ0) is 27.0. The molecule has 0 saturated carbocycles. The quantitative estimate of drug-likeness (QED) is 0.184. The van der Waals surface area contributed by atoms with Gasteiger partial charge in [-0.1, -0.05) is 29.3 Å². The Morgan fingerprint density at radius 3 is 2.08 bits per heavy atom. The smallest absolute Gasteiger partial charge is 0.287 e. The molecule has 37 heavy (non-hydrogen) atoms. The molecule has 0 bridgehead atoms. The minimum atomic E-state index is -1.18. The lowest BCUT2D eigenvalue weighted by Crippen LogP contribution is -2.51. The van der Waals surface area contributed by atoms with Gasteiger partial charge in [0.15, 0.2) is 5.78 Å². The van der Waals surface area contributed by atoms with Gasteiger partial charge in [0.2, 0.25) is 0 Å². The van der Waals surface area contributed by atoms with Crippen LogP contribution in [0.25, 0.3) is 0 Å². The van der Waals surface area contributed by atoms with Crippen LogP contribution in [0.1, 0.15) is 41.4 Å². The van der Waals surface area contributed by atoms with Gasteiger partial charge in [0.05, 0.1) is 25.5 Å². The third-order valence-corrected chi connectivity index (χ3v) is 6.14. The molecule has 4 rings (SSSR count). The number of non-ortho nitro benzene ring substituents is 1. The first-order valence-electron chi connectivity index (χ1n) is 10.2. The highest BCUT2D eigenvalue weighted by atomic mass is 35.5. The van der Waals surface area contributed by atoms with Crippen LogP contribution in [0.2, 0.25) is 10.0 Å². The summed E-state index contributed by atoms with van der Waals surface area (Å²) >= 11 is 11.9. The van der Waals surface area contributed by atoms with Crippen molar-refractivity contribution in [2.24, 2.45) is 0 Å². The molecule has 0 N–H and O–H groups in total. The van der Waals surface area contributed by atoms with E-state index in [1.807, 2.05) is 0 Å². The highest BCUT2D eigenvalue weighted by Crippen LogP contribution is 2.33. The summed E-state index contributed by atoms with van der Waals surface area (Å²) in [7, 11) is 0. The van der Waals surface area contributed by atoms with Gasteiger partial charge in [-0.3, -0.25) is 39.4 Å². The summed E-state index contributed by atoms with van der Waals surface area (Å²) in [4.78, 5) is 73.8. The summed E-state index contributed by atoms with van der Waals surface area (Å²) in [5.41, 5.74) is -1.99. The van der Waals surface area contributed by atoms with Crippen molar-refractivity contribution in [1.82, 2.24) is 10.0 Å². The Balaban J connectivity index is 1.77. The number of carbonyl (C=O) groups is 4. The summed E-state index contributed by atoms with van der Waals surface area (Å²) in [6.07, 6.45) is 0. The number of nitro groups is 2. The Morgan fingerprint density at radius 2 is 1.49 bits per heavy atom. The number of hydrazine groups is 1. The average Bonchev–Trinajstić information content (AvgIpc) is 3.13. The Morgan fingerprint density at radius 1 is 0.838 bits per heavy atom. The number of ketones is 1. The predicted molar refractivity (Wildman–Crippen MR) is 129 cm³/mol. The maximum Gasteiger partial charge on any atom is 0.287 e. The van der Waals surface area contributed by atoms with E-state index in [9.17, 15) is 39.4 Å². The number of benzene rings is 3. The van der Waals surface area contributed by atoms with Crippen molar-refractivity contribution in [3.8, 4) is 0 Å². The van der Waals surface area contributed by atoms with Gasteiger partial charge in [0.25, 0.3) is 29.1 Å². The van der Waals surface area contributed by atoms with Crippen molar-refractivity contribution in [1.29, 1.82) is 0 Å². The SMILES string of the molecule is O=C(CN(C(=O)c1ccc(Cl)c(Cl)c1)N1C(=O)c2cccc([N+](=O)[O-])c2C1=O)c1ccc([N+](=O)[O-])cc1. The largest absolute Gasteiger partial charge is 0.292 e. The highest BCUT2D eigenvalue weighted by molar-refractivity contribution is 6.42. The zero-order valence-electron chi connectivity index (χ0n) is 18.3. The fourth-order valence-electron chi connectivity index (χ4n) is 3.63. The third kappa shape index (κ3) is 4.62. The van der Waals surface area contributed by atoms with E-state index in [1.54, 1.807) is 0 Å². The second kappa shape index (κ2) is 9.76. The van der Waals surface area contributed by atoms with Gasteiger partial charge < -0.3 is 0 Å². The van der Waals surface area contributed by atoms with Crippen LogP contribution in [-0.4, -0.2) is 49.9 Å². The van der Waals surface area contributed by atoms with Crippen LogP contribution in [0, 0.1) is 20.2 Å². The molecule has 0 radical (unpaired) electrons. The normalized spacial score (nSPS) is 12.3. The van der Waals surface area contributed by atoms with Crippen molar-refractivity contribution in [3.05, 3.63) is 113 Å². The number of fused-ring (bicyclic) bond motifs is 1. The summed E-state index contributed by atoms with van der Waals surface area (Å²) < 4.78 is 0. The number of hydrogen-bond acceptors (Lipinski definition) is 8. The molecule has 0 aliphatic carbocycles. The molecule has 186 valence electrons. The lowest BCUT2D eigenvalue weighted by molar-refractivity contribution is -0.385. The highest BCUT2D eigenvalue weighted by Gasteiger charge is 2.46. The van der Waals surface area contributed by atoms with Crippen LogP contribution in [0.15, 0.2) is 60.7 Å². The second-order valence-corrected chi connectivity index (χ2v) is 8.41. The molecule has 0 fully saturated rings. The molecule has 3 aromatic rings. The Hall–Kier alpha value is -4.68. The fraction of sp³-hybridized carbons (Fsp3) is 0.0435. The van der Waals surface area contributed by atoms with Crippen LogP contribution in [0.5, 0.6) is 0 Å². The van der Waals surface area contributed by atoms with Gasteiger partial charge in [0, 0.05) is 29.3 Å². The summed E-state index contributed by atoms with van der Waals surface area (Å²) in [5, 5.41) is 23.4. The third-order valence-electron chi connectivity index (χ3n) is 5.40. The first-order chi connectivity index (χ1) is 17.5. The summed E-state index contributed by atoms with van der Waals surface area (Å²) in [6, 6.07) is 11.6. The van der Waals surface area contributed by atoms with Gasteiger partial charge in [-0.15, -0.1) is 0 Å². The zero-order valence-corrected chi connectivity index (χ0v) is 19.8. The van der Waals surface area contributed by atoms with E-state index in [2.05, 4.69) is 0 Å². The molecule has 0 aromatic heterocycles. The average molecular weight is 543 g/mol. The van der Waals surface area contributed by atoms with Crippen LogP contribution < -0.4 is 0 Å². The minimum Gasteiger partial charge on any atom is -0.292 e. The van der Waals surface area contributed by atoms with Crippen molar-refractivity contribution >= 4 is 58.1 Å². The molecular formula is C23H12Cl2N4O8. The van der Waals surface area contributed by atoms with Gasteiger partial charge >= 0.3 is 0 Å². The number of nitrogens with zero attached hydrogens (tertiary/aromatic N) is 4. The lowest BCUT2D eigenvalue weighted by Gasteiger charge is -2.29. The van der Waals surface area contributed by atoms with Crippen molar-refractivity contribution in [2.75, 3.05) is 6.54 Å².